The molecule has 1 aromatic carbocycles. The number of hydrogen-bond acceptors (Lipinski definition) is 12. The van der Waals surface area contributed by atoms with Crippen LogP contribution < -0.4 is 30.7 Å². The molecule has 0 aliphatic heterocycles. The fraction of sp³-hybridized carbons (Fsp3) is 0.581. The summed E-state index contributed by atoms with van der Waals surface area (Å²) in [7, 11) is 4.10. The van der Waals surface area contributed by atoms with Crippen molar-refractivity contribution < 1.29 is 38.1 Å². The highest BCUT2D eigenvalue weighted by molar-refractivity contribution is 5.93. The molecule has 0 saturated carbocycles. The number of benzene rings is 1. The normalized spacial score (nSPS) is 13.1. The van der Waals surface area contributed by atoms with Crippen molar-refractivity contribution in [2.75, 3.05) is 33.2 Å². The van der Waals surface area contributed by atoms with Crippen molar-refractivity contribution >= 4 is 29.8 Å². The van der Waals surface area contributed by atoms with E-state index in [1.165, 1.54) is 21.3 Å². The van der Waals surface area contributed by atoms with Gasteiger partial charge >= 0.3 is 24.1 Å². The van der Waals surface area contributed by atoms with Gasteiger partial charge in [0.1, 0.15) is 23.7 Å². The van der Waals surface area contributed by atoms with Crippen LogP contribution >= 0.6 is 0 Å². The standard InChI is InChI=1S/C31H47N7O8/c1-19(2)23(25(40)33-22(26(41)43-6)18-20-14-10-9-11-15-20)35-24(39)21(34-30(42)46-31(3,4)5)16-12-13-17-32-27-36-28(44-7)38-29(37-27)45-8/h9-11,14-15,19,21-23H,12-13,16-18H2,1-8H3,(H,33,40)(H,34,42)(H,35,39)(H,32,36,37,38)/t21-,22-,23-/m0/s1. The Morgan fingerprint density at radius 2 is 1.43 bits per heavy atom. The fourth-order valence-electron chi connectivity index (χ4n) is 4.23. The van der Waals surface area contributed by atoms with Crippen molar-refractivity contribution in [1.82, 2.24) is 30.9 Å². The number of anilines is 1. The second-order valence-corrected chi connectivity index (χ2v) is 11.8. The van der Waals surface area contributed by atoms with E-state index in [1.807, 2.05) is 30.3 Å². The Labute approximate surface area is 269 Å². The maximum absolute atomic E-state index is 13.5. The summed E-state index contributed by atoms with van der Waals surface area (Å²) in [6.07, 6.45) is 0.750. The molecule has 3 atom stereocenters. The second kappa shape index (κ2) is 18.3. The Balaban J connectivity index is 2.10. The number of esters is 1. The van der Waals surface area contributed by atoms with Crippen LogP contribution in [0, 0.1) is 5.92 Å². The van der Waals surface area contributed by atoms with Gasteiger partial charge in [0.25, 0.3) is 0 Å². The number of methoxy groups -OCH3 is 3. The molecule has 0 saturated heterocycles. The third kappa shape index (κ3) is 13.1. The van der Waals surface area contributed by atoms with Crippen LogP contribution in [0.5, 0.6) is 12.0 Å². The van der Waals surface area contributed by atoms with E-state index >= 15 is 0 Å². The zero-order valence-corrected chi connectivity index (χ0v) is 27.8. The molecule has 0 bridgehead atoms. The van der Waals surface area contributed by atoms with Crippen LogP contribution in [0.4, 0.5) is 10.7 Å². The summed E-state index contributed by atoms with van der Waals surface area (Å²) in [5.41, 5.74) is 0.0390. The van der Waals surface area contributed by atoms with Crippen LogP contribution in [-0.2, 0) is 30.3 Å². The molecule has 0 unspecified atom stereocenters. The number of carbonyl (C=O) groups excluding carboxylic acids is 4. The molecule has 4 N–H and O–H groups in total. The Bertz CT molecular complexity index is 1270. The molecule has 1 heterocycles. The predicted molar refractivity (Wildman–Crippen MR) is 169 cm³/mol. The van der Waals surface area contributed by atoms with Crippen molar-refractivity contribution in [3.05, 3.63) is 35.9 Å². The lowest BCUT2D eigenvalue weighted by Gasteiger charge is -2.27. The molecule has 0 fully saturated rings. The molecular weight excluding hydrogens is 598 g/mol. The van der Waals surface area contributed by atoms with Crippen LogP contribution in [0.2, 0.25) is 0 Å². The third-order valence-electron chi connectivity index (χ3n) is 6.50. The van der Waals surface area contributed by atoms with Gasteiger partial charge in [-0.15, -0.1) is 4.98 Å². The van der Waals surface area contributed by atoms with Crippen molar-refractivity contribution in [2.45, 2.75) is 84.0 Å². The van der Waals surface area contributed by atoms with E-state index in [4.69, 9.17) is 18.9 Å². The molecule has 0 aliphatic carbocycles. The minimum Gasteiger partial charge on any atom is -0.467 e. The summed E-state index contributed by atoms with van der Waals surface area (Å²) in [5, 5.41) is 11.2. The van der Waals surface area contributed by atoms with Gasteiger partial charge in [-0.1, -0.05) is 44.2 Å². The Hall–Kier alpha value is -4.69. The van der Waals surface area contributed by atoms with Crippen LogP contribution in [0.25, 0.3) is 0 Å². The highest BCUT2D eigenvalue weighted by Gasteiger charge is 2.32. The van der Waals surface area contributed by atoms with Gasteiger partial charge in [0.2, 0.25) is 17.8 Å². The molecule has 15 nitrogen and oxygen atoms in total. The summed E-state index contributed by atoms with van der Waals surface area (Å²) in [4.78, 5) is 64.3. The van der Waals surface area contributed by atoms with Crippen molar-refractivity contribution in [1.29, 1.82) is 0 Å². The van der Waals surface area contributed by atoms with Crippen LogP contribution in [-0.4, -0.2) is 90.4 Å². The topological polar surface area (TPSA) is 192 Å². The SMILES string of the molecule is COC(=O)[C@H](Cc1ccccc1)NC(=O)[C@@H](NC(=O)[C@H](CCCCNc1nc(OC)nc(OC)n1)NC(=O)OC(C)(C)C)C(C)C. The Morgan fingerprint density at radius 3 is 1.98 bits per heavy atom. The second-order valence-electron chi connectivity index (χ2n) is 11.8. The van der Waals surface area contributed by atoms with Gasteiger partial charge in [-0.25, -0.2) is 9.59 Å². The summed E-state index contributed by atoms with van der Waals surface area (Å²) >= 11 is 0. The van der Waals surface area contributed by atoms with Crippen LogP contribution in [0.15, 0.2) is 30.3 Å². The number of nitrogens with one attached hydrogen (secondary N) is 4. The molecule has 254 valence electrons. The van der Waals surface area contributed by atoms with Gasteiger partial charge in [0.15, 0.2) is 0 Å². The van der Waals surface area contributed by atoms with Crippen LogP contribution in [0.1, 0.15) is 59.4 Å². The fourth-order valence-corrected chi connectivity index (χ4v) is 4.23. The number of hydrogen-bond donors (Lipinski definition) is 4. The van der Waals surface area contributed by atoms with E-state index < -0.39 is 47.6 Å². The van der Waals surface area contributed by atoms with Crippen molar-refractivity contribution in [3.8, 4) is 12.0 Å². The Kier molecular flexibility index (Phi) is 14.9. The van der Waals surface area contributed by atoms with Crippen molar-refractivity contribution in [3.63, 3.8) is 0 Å². The van der Waals surface area contributed by atoms with E-state index in [0.717, 1.165) is 5.56 Å². The predicted octanol–water partition coefficient (Wildman–Crippen LogP) is 2.41. The van der Waals surface area contributed by atoms with E-state index in [-0.39, 0.29) is 36.7 Å². The lowest BCUT2D eigenvalue weighted by atomic mass is 10.00. The quantitative estimate of drug-likeness (QED) is 0.145. The molecule has 3 amide bonds. The van der Waals surface area contributed by atoms with E-state index in [9.17, 15) is 19.2 Å². The Morgan fingerprint density at radius 1 is 0.804 bits per heavy atom. The number of ether oxygens (including phenoxy) is 4. The van der Waals surface area contributed by atoms with Gasteiger partial charge in [-0.2, -0.15) is 9.97 Å². The number of amides is 3. The molecule has 15 heteroatoms. The third-order valence-corrected chi connectivity index (χ3v) is 6.50. The maximum atomic E-state index is 13.5. The highest BCUT2D eigenvalue weighted by Crippen LogP contribution is 2.14. The minimum absolute atomic E-state index is 0.0920. The zero-order valence-electron chi connectivity index (χ0n) is 27.8. The molecule has 0 aliphatic rings. The summed E-state index contributed by atoms with van der Waals surface area (Å²) in [6.45, 7) is 9.11. The first-order chi connectivity index (χ1) is 21.8. The molecule has 1 aromatic heterocycles. The summed E-state index contributed by atoms with van der Waals surface area (Å²) in [5.74, 6) is -1.83. The largest absolute Gasteiger partial charge is 0.467 e. The first-order valence-corrected chi connectivity index (χ1v) is 15.1. The number of unbranched alkanes of at least 4 members (excludes halogenated alkanes) is 1. The number of rotatable bonds is 17. The summed E-state index contributed by atoms with van der Waals surface area (Å²) in [6, 6.07) is 6.39. The first-order valence-electron chi connectivity index (χ1n) is 15.1. The average Bonchev–Trinajstić information content (AvgIpc) is 3.01. The van der Waals surface area contributed by atoms with E-state index in [1.54, 1.807) is 34.6 Å². The molecular formula is C31H47N7O8. The smallest absolute Gasteiger partial charge is 0.408 e. The van der Waals surface area contributed by atoms with Gasteiger partial charge in [-0.3, -0.25) is 9.59 Å². The molecule has 0 radical (unpaired) electrons. The molecule has 0 spiro atoms. The first kappa shape index (κ1) is 37.5. The van der Waals surface area contributed by atoms with Gasteiger partial charge < -0.3 is 40.2 Å². The van der Waals surface area contributed by atoms with E-state index in [2.05, 4.69) is 36.2 Å². The number of alkyl carbamates (subject to hydrolysis) is 1. The summed E-state index contributed by atoms with van der Waals surface area (Å²) < 4.78 is 20.4. The van der Waals surface area contributed by atoms with E-state index in [0.29, 0.717) is 19.4 Å². The lowest BCUT2D eigenvalue weighted by molar-refractivity contribution is -0.145. The minimum atomic E-state index is -1.01. The number of carbonyl (C=O) groups is 4. The number of aromatic nitrogens is 3. The monoisotopic (exact) mass is 645 g/mol. The average molecular weight is 646 g/mol. The van der Waals surface area contributed by atoms with Gasteiger partial charge in [0.05, 0.1) is 21.3 Å². The lowest BCUT2D eigenvalue weighted by Crippen LogP contribution is -2.58. The maximum Gasteiger partial charge on any atom is 0.408 e. The van der Waals surface area contributed by atoms with Crippen LogP contribution in [0.3, 0.4) is 0 Å². The highest BCUT2D eigenvalue weighted by atomic mass is 16.6. The van der Waals surface area contributed by atoms with Gasteiger partial charge in [0, 0.05) is 13.0 Å². The number of nitrogens with zero attached hydrogens (tertiary/aromatic N) is 3. The zero-order chi connectivity index (χ0) is 34.3. The van der Waals surface area contributed by atoms with Gasteiger partial charge in [-0.05, 0) is 51.5 Å². The molecule has 46 heavy (non-hydrogen) atoms. The molecule has 2 rings (SSSR count). The van der Waals surface area contributed by atoms with Crippen molar-refractivity contribution in [2.24, 2.45) is 5.92 Å². The molecule has 2 aromatic rings.